The highest BCUT2D eigenvalue weighted by Gasteiger charge is 1.96. The SMILES string of the molecule is C[C@H](O)CSc1ccncc1. The highest BCUT2D eigenvalue weighted by molar-refractivity contribution is 7.99. The van der Waals surface area contributed by atoms with Gasteiger partial charge in [-0.05, 0) is 19.1 Å². The molecule has 0 bridgehead atoms. The van der Waals surface area contributed by atoms with Crippen molar-refractivity contribution in [2.75, 3.05) is 5.75 Å². The summed E-state index contributed by atoms with van der Waals surface area (Å²) in [4.78, 5) is 5.05. The zero-order valence-corrected chi connectivity index (χ0v) is 7.21. The topological polar surface area (TPSA) is 33.1 Å². The number of pyridine rings is 1. The van der Waals surface area contributed by atoms with Crippen LogP contribution in [0.15, 0.2) is 29.4 Å². The molecule has 0 aliphatic carbocycles. The minimum absolute atomic E-state index is 0.242. The number of nitrogens with zero attached hydrogens (tertiary/aromatic N) is 1. The molecule has 2 nitrogen and oxygen atoms in total. The molecule has 0 aliphatic heterocycles. The zero-order valence-electron chi connectivity index (χ0n) is 6.40. The summed E-state index contributed by atoms with van der Waals surface area (Å²) in [6, 6.07) is 3.88. The lowest BCUT2D eigenvalue weighted by atomic mass is 10.5. The van der Waals surface area contributed by atoms with Gasteiger partial charge in [-0.1, -0.05) is 0 Å². The maximum Gasteiger partial charge on any atom is 0.0606 e. The number of aromatic nitrogens is 1. The number of aliphatic hydroxyl groups is 1. The van der Waals surface area contributed by atoms with E-state index in [-0.39, 0.29) is 6.10 Å². The van der Waals surface area contributed by atoms with Gasteiger partial charge in [0.1, 0.15) is 0 Å². The molecule has 0 unspecified atom stereocenters. The van der Waals surface area contributed by atoms with E-state index >= 15 is 0 Å². The van der Waals surface area contributed by atoms with E-state index in [0.717, 1.165) is 10.6 Å². The van der Waals surface area contributed by atoms with Crippen molar-refractivity contribution in [3.63, 3.8) is 0 Å². The molecule has 0 radical (unpaired) electrons. The minimum atomic E-state index is -0.242. The second kappa shape index (κ2) is 4.36. The zero-order chi connectivity index (χ0) is 8.10. The normalized spacial score (nSPS) is 12.9. The van der Waals surface area contributed by atoms with Crippen molar-refractivity contribution in [1.82, 2.24) is 4.98 Å². The van der Waals surface area contributed by atoms with E-state index in [4.69, 9.17) is 5.11 Å². The van der Waals surface area contributed by atoms with Crippen LogP contribution in [0.2, 0.25) is 0 Å². The maximum atomic E-state index is 8.98. The molecule has 0 fully saturated rings. The Morgan fingerprint density at radius 2 is 2.18 bits per heavy atom. The number of hydrogen-bond donors (Lipinski definition) is 1. The summed E-state index contributed by atoms with van der Waals surface area (Å²) < 4.78 is 0. The van der Waals surface area contributed by atoms with Gasteiger partial charge in [0.05, 0.1) is 6.10 Å². The minimum Gasteiger partial charge on any atom is -0.393 e. The van der Waals surface area contributed by atoms with Crippen LogP contribution in [0, 0.1) is 0 Å². The van der Waals surface area contributed by atoms with Crippen LogP contribution in [-0.2, 0) is 0 Å². The molecule has 0 aromatic carbocycles. The molecule has 0 spiro atoms. The van der Waals surface area contributed by atoms with Crippen molar-refractivity contribution >= 4 is 11.8 Å². The van der Waals surface area contributed by atoms with E-state index in [1.54, 1.807) is 31.1 Å². The lowest BCUT2D eigenvalue weighted by Gasteiger charge is -2.02. The molecule has 1 rings (SSSR count). The Morgan fingerprint density at radius 3 is 2.73 bits per heavy atom. The lowest BCUT2D eigenvalue weighted by molar-refractivity contribution is 0.220. The van der Waals surface area contributed by atoms with E-state index in [9.17, 15) is 0 Å². The first-order valence-electron chi connectivity index (χ1n) is 3.50. The third kappa shape index (κ3) is 3.39. The standard InChI is InChI=1S/C8H11NOS/c1-7(10)6-11-8-2-4-9-5-3-8/h2-5,7,10H,6H2,1H3/t7-/m0/s1. The van der Waals surface area contributed by atoms with Crippen molar-refractivity contribution in [1.29, 1.82) is 0 Å². The van der Waals surface area contributed by atoms with E-state index < -0.39 is 0 Å². The molecule has 0 saturated heterocycles. The smallest absolute Gasteiger partial charge is 0.0606 e. The van der Waals surface area contributed by atoms with Gasteiger partial charge in [0.15, 0.2) is 0 Å². The van der Waals surface area contributed by atoms with Crippen LogP contribution < -0.4 is 0 Å². The molecule has 1 heterocycles. The molecule has 11 heavy (non-hydrogen) atoms. The molecule has 0 amide bonds. The Balaban J connectivity index is 2.39. The van der Waals surface area contributed by atoms with Gasteiger partial charge in [-0.3, -0.25) is 4.98 Å². The quantitative estimate of drug-likeness (QED) is 0.697. The van der Waals surface area contributed by atoms with Crippen LogP contribution in [0.1, 0.15) is 6.92 Å². The van der Waals surface area contributed by atoms with Crippen molar-refractivity contribution in [2.24, 2.45) is 0 Å². The van der Waals surface area contributed by atoms with Crippen molar-refractivity contribution < 1.29 is 5.11 Å². The second-order valence-electron chi connectivity index (χ2n) is 2.34. The molecule has 0 saturated carbocycles. The summed E-state index contributed by atoms with van der Waals surface area (Å²) in [6.45, 7) is 1.79. The molecule has 1 aromatic heterocycles. The van der Waals surface area contributed by atoms with Gasteiger partial charge in [-0.2, -0.15) is 0 Å². The van der Waals surface area contributed by atoms with Crippen molar-refractivity contribution in [3.8, 4) is 0 Å². The summed E-state index contributed by atoms with van der Waals surface area (Å²) in [6.07, 6.45) is 3.27. The largest absolute Gasteiger partial charge is 0.393 e. The van der Waals surface area contributed by atoms with Gasteiger partial charge in [-0.25, -0.2) is 0 Å². The summed E-state index contributed by atoms with van der Waals surface area (Å²) >= 11 is 1.64. The molecule has 0 aliphatic rings. The van der Waals surface area contributed by atoms with Gasteiger partial charge in [-0.15, -0.1) is 11.8 Å². The Morgan fingerprint density at radius 1 is 1.55 bits per heavy atom. The summed E-state index contributed by atoms with van der Waals surface area (Å²) in [7, 11) is 0. The first-order valence-corrected chi connectivity index (χ1v) is 4.48. The van der Waals surface area contributed by atoms with Crippen molar-refractivity contribution in [2.45, 2.75) is 17.9 Å². The van der Waals surface area contributed by atoms with E-state index in [2.05, 4.69) is 4.98 Å². The van der Waals surface area contributed by atoms with Crippen LogP contribution in [0.4, 0.5) is 0 Å². The Hall–Kier alpha value is -0.540. The Kier molecular flexibility index (Phi) is 3.39. The summed E-state index contributed by atoms with van der Waals surface area (Å²) in [5, 5.41) is 8.98. The fourth-order valence-electron chi connectivity index (χ4n) is 0.651. The van der Waals surface area contributed by atoms with Gasteiger partial charge < -0.3 is 5.11 Å². The number of aliphatic hydroxyl groups excluding tert-OH is 1. The predicted molar refractivity (Wildman–Crippen MR) is 46.6 cm³/mol. The number of hydrogen-bond acceptors (Lipinski definition) is 3. The van der Waals surface area contributed by atoms with E-state index in [0.29, 0.717) is 0 Å². The first-order chi connectivity index (χ1) is 5.29. The van der Waals surface area contributed by atoms with E-state index in [1.807, 2.05) is 12.1 Å². The third-order valence-electron chi connectivity index (χ3n) is 1.14. The Bertz CT molecular complexity index is 201. The molecular formula is C8H11NOS. The molecule has 60 valence electrons. The van der Waals surface area contributed by atoms with Crippen LogP contribution in [0.25, 0.3) is 0 Å². The van der Waals surface area contributed by atoms with Crippen LogP contribution >= 0.6 is 11.8 Å². The summed E-state index contributed by atoms with van der Waals surface area (Å²) in [5.41, 5.74) is 0. The maximum absolute atomic E-state index is 8.98. The predicted octanol–water partition coefficient (Wildman–Crippen LogP) is 1.55. The van der Waals surface area contributed by atoms with Gasteiger partial charge in [0.25, 0.3) is 0 Å². The Labute approximate surface area is 70.7 Å². The lowest BCUT2D eigenvalue weighted by Crippen LogP contribution is -2.01. The first kappa shape index (κ1) is 8.56. The average Bonchev–Trinajstić information content (AvgIpc) is 2.03. The fourth-order valence-corrected chi connectivity index (χ4v) is 1.40. The van der Waals surface area contributed by atoms with Crippen molar-refractivity contribution in [3.05, 3.63) is 24.5 Å². The summed E-state index contributed by atoms with van der Waals surface area (Å²) in [5.74, 6) is 0.740. The second-order valence-corrected chi connectivity index (χ2v) is 3.44. The highest BCUT2D eigenvalue weighted by Crippen LogP contribution is 2.16. The fraction of sp³-hybridized carbons (Fsp3) is 0.375. The number of thioether (sulfide) groups is 1. The van der Waals surface area contributed by atoms with Gasteiger partial charge in [0.2, 0.25) is 0 Å². The molecule has 1 N–H and O–H groups in total. The highest BCUT2D eigenvalue weighted by atomic mass is 32.2. The van der Waals surface area contributed by atoms with Crippen LogP contribution in [-0.4, -0.2) is 21.9 Å². The molecule has 3 heteroatoms. The molecular weight excluding hydrogens is 158 g/mol. The van der Waals surface area contributed by atoms with Gasteiger partial charge >= 0.3 is 0 Å². The van der Waals surface area contributed by atoms with Crippen LogP contribution in [0.5, 0.6) is 0 Å². The third-order valence-corrected chi connectivity index (χ3v) is 2.40. The van der Waals surface area contributed by atoms with E-state index in [1.165, 1.54) is 0 Å². The average molecular weight is 169 g/mol. The number of rotatable bonds is 3. The molecule has 1 aromatic rings. The monoisotopic (exact) mass is 169 g/mol. The molecule has 1 atom stereocenters. The van der Waals surface area contributed by atoms with Gasteiger partial charge in [0, 0.05) is 23.0 Å². The van der Waals surface area contributed by atoms with Crippen LogP contribution in [0.3, 0.4) is 0 Å².